The number of nitrogens with two attached hydrogens (primary N) is 1. The minimum Gasteiger partial charge on any atom is -0.388 e. The van der Waals surface area contributed by atoms with Gasteiger partial charge >= 0.3 is 0 Å². The van der Waals surface area contributed by atoms with Gasteiger partial charge in [-0.1, -0.05) is 23.7 Å². The molecule has 2 aromatic heterocycles. The van der Waals surface area contributed by atoms with Crippen LogP contribution < -0.4 is 11.1 Å². The van der Waals surface area contributed by atoms with Crippen LogP contribution in [0.2, 0.25) is 5.02 Å². The molecule has 4 rings (SSSR count). The molecule has 32 heavy (non-hydrogen) atoms. The molecule has 0 unspecified atom stereocenters. The first kappa shape index (κ1) is 21.7. The smallest absolute Gasteiger partial charge is 0.251 e. The van der Waals surface area contributed by atoms with Gasteiger partial charge in [0.1, 0.15) is 5.82 Å². The van der Waals surface area contributed by atoms with Crippen LogP contribution in [0, 0.1) is 12.7 Å². The van der Waals surface area contributed by atoms with Crippen LogP contribution in [0.25, 0.3) is 16.8 Å². The molecule has 2 aromatic carbocycles. The summed E-state index contributed by atoms with van der Waals surface area (Å²) in [6.45, 7) is 1.78. The summed E-state index contributed by atoms with van der Waals surface area (Å²) in [7, 11) is 0. The van der Waals surface area contributed by atoms with Crippen molar-refractivity contribution >= 4 is 29.1 Å². The largest absolute Gasteiger partial charge is 0.388 e. The van der Waals surface area contributed by atoms with E-state index < -0.39 is 17.8 Å². The number of hydrogen-bond donors (Lipinski definition) is 3. The molecule has 0 bridgehead atoms. The van der Waals surface area contributed by atoms with Crippen molar-refractivity contribution in [1.29, 1.82) is 0 Å². The summed E-state index contributed by atoms with van der Waals surface area (Å²) < 4.78 is 16.1. The van der Waals surface area contributed by atoms with E-state index in [4.69, 9.17) is 17.3 Å². The van der Waals surface area contributed by atoms with E-state index in [1.165, 1.54) is 10.6 Å². The van der Waals surface area contributed by atoms with Gasteiger partial charge in [0.2, 0.25) is 5.95 Å². The number of carbonyl (C=O) groups excluding carboxylic acids is 1. The standard InChI is InChI=1S/C23H21ClFN5O2/c1-13-18(22(32)27-8-6-20(31)14-2-4-17(24)5-3-14)10-16(11-19(13)25)15-7-9-30-21(12-15)28-23(26)29-30/h2-5,7,9-12,20,31H,6,8H2,1H3,(H2,26,29)(H,27,32)/t20-/m0/s1. The normalized spacial score (nSPS) is 12.1. The van der Waals surface area contributed by atoms with E-state index in [9.17, 15) is 14.3 Å². The highest BCUT2D eigenvalue weighted by Crippen LogP contribution is 2.26. The van der Waals surface area contributed by atoms with E-state index in [-0.39, 0.29) is 23.6 Å². The molecule has 0 aliphatic heterocycles. The fourth-order valence-corrected chi connectivity index (χ4v) is 3.55. The Labute approximate surface area is 188 Å². The quantitative estimate of drug-likeness (QED) is 0.410. The fourth-order valence-electron chi connectivity index (χ4n) is 3.43. The molecular weight excluding hydrogens is 433 g/mol. The van der Waals surface area contributed by atoms with Crippen LogP contribution in [0.5, 0.6) is 0 Å². The lowest BCUT2D eigenvalue weighted by molar-refractivity contribution is 0.0941. The fraction of sp³-hybridized carbons (Fsp3) is 0.174. The monoisotopic (exact) mass is 453 g/mol. The van der Waals surface area contributed by atoms with Crippen molar-refractivity contribution < 1.29 is 14.3 Å². The highest BCUT2D eigenvalue weighted by Gasteiger charge is 2.16. The Balaban J connectivity index is 1.50. The van der Waals surface area contributed by atoms with Crippen LogP contribution in [0.1, 0.15) is 34.0 Å². The predicted octanol–water partition coefficient (Wildman–Crippen LogP) is 3.93. The van der Waals surface area contributed by atoms with Gasteiger partial charge in [-0.3, -0.25) is 4.79 Å². The van der Waals surface area contributed by atoms with Gasteiger partial charge in [0, 0.05) is 23.3 Å². The van der Waals surface area contributed by atoms with Crippen molar-refractivity contribution in [1.82, 2.24) is 19.9 Å². The highest BCUT2D eigenvalue weighted by atomic mass is 35.5. The second kappa shape index (κ2) is 8.94. The minimum absolute atomic E-state index is 0.137. The second-order valence-corrected chi connectivity index (χ2v) is 7.87. The Morgan fingerprint density at radius 3 is 2.72 bits per heavy atom. The second-order valence-electron chi connectivity index (χ2n) is 7.43. The number of aromatic nitrogens is 3. The van der Waals surface area contributed by atoms with E-state index >= 15 is 0 Å². The number of pyridine rings is 1. The number of amides is 1. The van der Waals surface area contributed by atoms with Crippen LogP contribution in [0.4, 0.5) is 10.3 Å². The molecule has 2 heterocycles. The van der Waals surface area contributed by atoms with Gasteiger partial charge in [-0.25, -0.2) is 8.91 Å². The summed E-state index contributed by atoms with van der Waals surface area (Å²) in [4.78, 5) is 16.9. The number of nitrogens with one attached hydrogen (secondary N) is 1. The molecule has 1 atom stereocenters. The van der Waals surface area contributed by atoms with Gasteiger partial charge in [0.05, 0.1) is 6.10 Å². The molecule has 9 heteroatoms. The molecule has 1 amide bonds. The summed E-state index contributed by atoms with van der Waals surface area (Å²) in [5, 5.41) is 17.7. The van der Waals surface area contributed by atoms with Crippen molar-refractivity contribution in [2.45, 2.75) is 19.4 Å². The van der Waals surface area contributed by atoms with Gasteiger partial charge in [-0.2, -0.15) is 4.98 Å². The van der Waals surface area contributed by atoms with E-state index in [1.807, 2.05) is 0 Å². The summed E-state index contributed by atoms with van der Waals surface area (Å²) in [5.74, 6) is -0.771. The topological polar surface area (TPSA) is 106 Å². The Morgan fingerprint density at radius 2 is 1.97 bits per heavy atom. The molecule has 0 aliphatic rings. The van der Waals surface area contributed by atoms with Gasteiger partial charge in [-0.05, 0) is 72.0 Å². The van der Waals surface area contributed by atoms with Gasteiger partial charge in [-0.15, -0.1) is 5.10 Å². The number of carbonyl (C=O) groups is 1. The number of aliphatic hydroxyl groups is 1. The average Bonchev–Trinajstić information content (AvgIpc) is 3.15. The third-order valence-corrected chi connectivity index (χ3v) is 5.49. The molecule has 0 saturated carbocycles. The van der Waals surface area contributed by atoms with Gasteiger partial charge < -0.3 is 16.2 Å². The molecule has 0 radical (unpaired) electrons. The number of hydrogen-bond acceptors (Lipinski definition) is 5. The Kier molecular flexibility index (Phi) is 6.07. The van der Waals surface area contributed by atoms with Crippen molar-refractivity contribution in [3.8, 4) is 11.1 Å². The number of fused-ring (bicyclic) bond motifs is 1. The third kappa shape index (κ3) is 4.56. The first-order valence-electron chi connectivity index (χ1n) is 9.96. The van der Waals surface area contributed by atoms with Crippen LogP contribution in [-0.2, 0) is 0 Å². The lowest BCUT2D eigenvalue weighted by atomic mass is 9.99. The number of benzene rings is 2. The van der Waals surface area contributed by atoms with Gasteiger partial charge in [0.25, 0.3) is 5.91 Å². The summed E-state index contributed by atoms with van der Waals surface area (Å²) >= 11 is 5.86. The van der Waals surface area contributed by atoms with Crippen LogP contribution in [-0.4, -0.2) is 32.2 Å². The first-order chi connectivity index (χ1) is 15.3. The van der Waals surface area contributed by atoms with E-state index in [2.05, 4.69) is 15.4 Å². The molecule has 7 nitrogen and oxygen atoms in total. The lowest BCUT2D eigenvalue weighted by Gasteiger charge is -2.14. The third-order valence-electron chi connectivity index (χ3n) is 5.23. The summed E-state index contributed by atoms with van der Waals surface area (Å²) in [6, 6.07) is 13.3. The molecule has 4 aromatic rings. The molecule has 0 aliphatic carbocycles. The number of anilines is 1. The average molecular weight is 454 g/mol. The zero-order valence-corrected chi connectivity index (χ0v) is 18.0. The number of halogens is 2. The molecule has 0 saturated heterocycles. The highest BCUT2D eigenvalue weighted by molar-refractivity contribution is 6.30. The Morgan fingerprint density at radius 1 is 1.22 bits per heavy atom. The van der Waals surface area contributed by atoms with Crippen molar-refractivity contribution in [3.05, 3.63) is 82.3 Å². The van der Waals surface area contributed by atoms with Crippen LogP contribution in [0.3, 0.4) is 0 Å². The number of nitrogens with zero attached hydrogens (tertiary/aromatic N) is 3. The first-order valence-corrected chi connectivity index (χ1v) is 10.3. The van der Waals surface area contributed by atoms with Gasteiger partial charge in [0.15, 0.2) is 5.65 Å². The number of nitrogen functional groups attached to an aromatic ring is 1. The zero-order chi connectivity index (χ0) is 22.8. The van der Waals surface area contributed by atoms with Crippen molar-refractivity contribution in [2.24, 2.45) is 0 Å². The summed E-state index contributed by atoms with van der Waals surface area (Å²) in [5.41, 5.74) is 8.52. The molecule has 0 fully saturated rings. The molecule has 0 spiro atoms. The lowest BCUT2D eigenvalue weighted by Crippen LogP contribution is -2.26. The number of aliphatic hydroxyl groups excluding tert-OH is 1. The van der Waals surface area contributed by atoms with Crippen molar-refractivity contribution in [3.63, 3.8) is 0 Å². The van der Waals surface area contributed by atoms with Crippen LogP contribution in [0.15, 0.2) is 54.7 Å². The number of rotatable bonds is 6. The minimum atomic E-state index is -0.751. The SMILES string of the molecule is Cc1c(F)cc(-c2ccn3nc(N)nc3c2)cc1C(=O)NCC[C@H](O)c1ccc(Cl)cc1. The molecule has 4 N–H and O–H groups in total. The maximum absolute atomic E-state index is 14.6. The predicted molar refractivity (Wildman–Crippen MR) is 121 cm³/mol. The molecular formula is C23H21ClFN5O2. The van der Waals surface area contributed by atoms with Crippen molar-refractivity contribution in [2.75, 3.05) is 12.3 Å². The van der Waals surface area contributed by atoms with Crippen LogP contribution >= 0.6 is 11.6 Å². The molecule has 164 valence electrons. The maximum atomic E-state index is 14.6. The van der Waals surface area contributed by atoms with E-state index in [1.54, 1.807) is 55.6 Å². The zero-order valence-electron chi connectivity index (χ0n) is 17.2. The Hall–Kier alpha value is -3.49. The summed E-state index contributed by atoms with van der Waals surface area (Å²) in [6.07, 6.45) is 1.22. The van der Waals surface area contributed by atoms with E-state index in [0.29, 0.717) is 33.8 Å². The Bertz CT molecular complexity index is 1290. The maximum Gasteiger partial charge on any atom is 0.251 e. The van der Waals surface area contributed by atoms with E-state index in [0.717, 1.165) is 0 Å².